The van der Waals surface area contributed by atoms with Crippen molar-refractivity contribution in [3.8, 4) is 11.6 Å². The summed E-state index contributed by atoms with van der Waals surface area (Å²) in [4.78, 5) is 44.0. The molecule has 3 heterocycles. The third-order valence-corrected chi connectivity index (χ3v) is 4.90. The highest BCUT2D eigenvalue weighted by Gasteiger charge is 2.14. The lowest BCUT2D eigenvalue weighted by molar-refractivity contribution is -0.115. The minimum Gasteiger partial charge on any atom is -0.439 e. The number of aryl methyl sites for hydroxylation is 2. The first kappa shape index (κ1) is 20.8. The second kappa shape index (κ2) is 8.34. The maximum atomic E-state index is 12.6. The second-order valence-electron chi connectivity index (χ2n) is 7.18. The van der Waals surface area contributed by atoms with Gasteiger partial charge in [0.1, 0.15) is 5.75 Å². The molecule has 0 aliphatic heterocycles. The predicted molar refractivity (Wildman–Crippen MR) is 117 cm³/mol. The third-order valence-electron chi connectivity index (χ3n) is 4.90. The molecule has 4 N–H and O–H groups in total. The van der Waals surface area contributed by atoms with Crippen LogP contribution in [-0.2, 0) is 11.2 Å². The molecule has 2 amide bonds. The van der Waals surface area contributed by atoms with E-state index >= 15 is 0 Å². The van der Waals surface area contributed by atoms with Crippen LogP contribution in [0.2, 0.25) is 0 Å². The van der Waals surface area contributed by atoms with Crippen LogP contribution in [0, 0.1) is 13.8 Å². The van der Waals surface area contributed by atoms with Gasteiger partial charge in [0, 0.05) is 34.6 Å². The van der Waals surface area contributed by atoms with E-state index in [9.17, 15) is 14.4 Å². The first-order chi connectivity index (χ1) is 15.3. The van der Waals surface area contributed by atoms with Gasteiger partial charge in [0.15, 0.2) is 5.65 Å². The van der Waals surface area contributed by atoms with Crippen molar-refractivity contribution >= 4 is 23.1 Å². The first-order valence-electron chi connectivity index (χ1n) is 9.71. The van der Waals surface area contributed by atoms with Gasteiger partial charge in [-0.05, 0) is 38.1 Å². The van der Waals surface area contributed by atoms with Gasteiger partial charge in [0.2, 0.25) is 17.7 Å². The topological polar surface area (TPSA) is 144 Å². The van der Waals surface area contributed by atoms with Crippen molar-refractivity contribution in [2.24, 2.45) is 5.73 Å². The number of nitrogens with one attached hydrogen (secondary N) is 2. The summed E-state index contributed by atoms with van der Waals surface area (Å²) in [5.41, 5.74) is 8.49. The van der Waals surface area contributed by atoms with E-state index in [0.717, 1.165) is 11.3 Å². The molecule has 0 aliphatic rings. The van der Waals surface area contributed by atoms with E-state index in [1.165, 1.54) is 18.3 Å². The quantitative estimate of drug-likeness (QED) is 0.426. The molecule has 0 atom stereocenters. The fourth-order valence-electron chi connectivity index (χ4n) is 3.33. The van der Waals surface area contributed by atoms with E-state index in [1.807, 2.05) is 6.92 Å². The molecule has 4 rings (SSSR count). The minimum absolute atomic E-state index is 0.0823. The summed E-state index contributed by atoms with van der Waals surface area (Å²) in [7, 11) is 0. The van der Waals surface area contributed by atoms with Crippen molar-refractivity contribution < 1.29 is 14.3 Å². The number of aromatic amines is 1. The van der Waals surface area contributed by atoms with Crippen molar-refractivity contribution in [3.05, 3.63) is 81.5 Å². The number of H-pyrrole nitrogens is 1. The van der Waals surface area contributed by atoms with E-state index < -0.39 is 5.91 Å². The monoisotopic (exact) mass is 432 g/mol. The largest absolute Gasteiger partial charge is 0.439 e. The van der Waals surface area contributed by atoms with Gasteiger partial charge < -0.3 is 15.8 Å². The molecule has 3 aromatic heterocycles. The molecule has 0 spiro atoms. The Bertz CT molecular complexity index is 1390. The first-order valence-corrected chi connectivity index (χ1v) is 9.71. The van der Waals surface area contributed by atoms with Crippen molar-refractivity contribution in [1.82, 2.24) is 19.6 Å². The van der Waals surface area contributed by atoms with E-state index in [1.54, 1.807) is 41.8 Å². The molecule has 0 unspecified atom stereocenters. The second-order valence-corrected chi connectivity index (χ2v) is 7.18. The zero-order chi connectivity index (χ0) is 22.8. The van der Waals surface area contributed by atoms with Gasteiger partial charge in [-0.2, -0.15) is 0 Å². The molecule has 1 aromatic carbocycles. The lowest BCUT2D eigenvalue weighted by atomic mass is 10.1. The highest BCUT2D eigenvalue weighted by molar-refractivity contribution is 5.93. The summed E-state index contributed by atoms with van der Waals surface area (Å²) >= 11 is 0. The van der Waals surface area contributed by atoms with Crippen LogP contribution in [0.3, 0.4) is 0 Å². The Labute approximate surface area is 182 Å². The van der Waals surface area contributed by atoms with Crippen LogP contribution in [0.25, 0.3) is 5.65 Å². The van der Waals surface area contributed by atoms with Crippen molar-refractivity contribution in [1.29, 1.82) is 0 Å². The molecule has 0 saturated carbocycles. The summed E-state index contributed by atoms with van der Waals surface area (Å²) in [6.45, 7) is 3.62. The number of amides is 2. The summed E-state index contributed by atoms with van der Waals surface area (Å²) in [6, 6.07) is 11.1. The molecule has 0 saturated heterocycles. The Hall–Kier alpha value is -4.47. The number of aromatic nitrogens is 4. The number of hydrogen-bond donors (Lipinski definition) is 3. The van der Waals surface area contributed by atoms with Gasteiger partial charge in [0.25, 0.3) is 5.56 Å². The Morgan fingerprint density at radius 1 is 1.19 bits per heavy atom. The van der Waals surface area contributed by atoms with Crippen LogP contribution in [0.1, 0.15) is 27.3 Å². The number of anilines is 1. The highest BCUT2D eigenvalue weighted by atomic mass is 16.5. The van der Waals surface area contributed by atoms with Crippen LogP contribution in [-0.4, -0.2) is 31.4 Å². The van der Waals surface area contributed by atoms with Gasteiger partial charge in [0.05, 0.1) is 18.3 Å². The number of carbonyl (C=O) groups excluding carboxylic acids is 2. The fourth-order valence-corrected chi connectivity index (χ4v) is 3.33. The van der Waals surface area contributed by atoms with E-state index in [0.29, 0.717) is 34.2 Å². The predicted octanol–water partition coefficient (Wildman–Crippen LogP) is 2.11. The molecule has 10 heteroatoms. The van der Waals surface area contributed by atoms with Gasteiger partial charge in [-0.25, -0.2) is 14.5 Å². The fraction of sp³-hybridized carbons (Fsp3) is 0.136. The highest BCUT2D eigenvalue weighted by Crippen LogP contribution is 2.22. The van der Waals surface area contributed by atoms with Crippen LogP contribution in [0.5, 0.6) is 11.6 Å². The number of pyridine rings is 1. The zero-order valence-corrected chi connectivity index (χ0v) is 17.4. The SMILES string of the molecule is Cc1nc2cc(=O)[nH]n2c(C)c1CC(=O)Nc1ccc(Oc2cccc(C(N)=O)c2)nc1. The molecule has 0 bridgehead atoms. The van der Waals surface area contributed by atoms with E-state index in [2.05, 4.69) is 20.4 Å². The van der Waals surface area contributed by atoms with Crippen LogP contribution in [0.4, 0.5) is 5.69 Å². The number of hydrogen-bond acceptors (Lipinski definition) is 6. The van der Waals surface area contributed by atoms with Crippen LogP contribution >= 0.6 is 0 Å². The summed E-state index contributed by atoms with van der Waals surface area (Å²) in [5, 5.41) is 5.46. The van der Waals surface area contributed by atoms with Gasteiger partial charge in [-0.3, -0.25) is 19.5 Å². The molecule has 0 aliphatic carbocycles. The maximum absolute atomic E-state index is 12.6. The number of nitrogens with zero attached hydrogens (tertiary/aromatic N) is 3. The molecule has 162 valence electrons. The number of carbonyl (C=O) groups is 2. The summed E-state index contributed by atoms with van der Waals surface area (Å²) in [6.07, 6.45) is 1.55. The molecule has 0 radical (unpaired) electrons. The van der Waals surface area contributed by atoms with E-state index in [4.69, 9.17) is 10.5 Å². The Morgan fingerprint density at radius 3 is 2.72 bits per heavy atom. The third kappa shape index (κ3) is 4.33. The number of ether oxygens (including phenoxy) is 1. The normalized spacial score (nSPS) is 10.8. The van der Waals surface area contributed by atoms with Gasteiger partial charge in [-0.15, -0.1) is 0 Å². The molecule has 0 fully saturated rings. The number of fused-ring (bicyclic) bond motifs is 1. The minimum atomic E-state index is -0.551. The number of rotatable bonds is 6. The molecular weight excluding hydrogens is 412 g/mol. The standard InChI is InChI=1S/C22H20N6O4/c1-12-17(13(2)28-18(25-12)10-20(30)27-28)9-19(29)26-15-6-7-21(24-11-15)32-16-5-3-4-14(8-16)22(23)31/h3-8,10-11H,9H2,1-2H3,(H2,23,31)(H,26,29)(H,27,30). The summed E-state index contributed by atoms with van der Waals surface area (Å²) < 4.78 is 7.20. The maximum Gasteiger partial charge on any atom is 0.266 e. The van der Waals surface area contributed by atoms with E-state index in [-0.39, 0.29) is 17.9 Å². The Balaban J connectivity index is 1.44. The van der Waals surface area contributed by atoms with Gasteiger partial charge >= 0.3 is 0 Å². The van der Waals surface area contributed by atoms with Crippen molar-refractivity contribution in [2.75, 3.05) is 5.32 Å². The molecular formula is C22H20N6O4. The Kier molecular flexibility index (Phi) is 5.42. The number of benzene rings is 1. The lowest BCUT2D eigenvalue weighted by Crippen LogP contribution is -2.18. The molecule has 4 aromatic rings. The zero-order valence-electron chi connectivity index (χ0n) is 17.4. The average molecular weight is 432 g/mol. The number of primary amides is 1. The van der Waals surface area contributed by atoms with Gasteiger partial charge in [-0.1, -0.05) is 6.07 Å². The van der Waals surface area contributed by atoms with Crippen molar-refractivity contribution in [2.45, 2.75) is 20.3 Å². The smallest absolute Gasteiger partial charge is 0.266 e. The average Bonchev–Trinajstić information content (AvgIpc) is 3.13. The molecule has 10 nitrogen and oxygen atoms in total. The lowest BCUT2D eigenvalue weighted by Gasteiger charge is -2.12. The van der Waals surface area contributed by atoms with Crippen molar-refractivity contribution in [3.63, 3.8) is 0 Å². The summed E-state index contributed by atoms with van der Waals surface area (Å²) in [5.74, 6) is -0.0917. The Morgan fingerprint density at radius 2 is 2.00 bits per heavy atom. The number of nitrogens with two attached hydrogens (primary N) is 1. The van der Waals surface area contributed by atoms with Crippen LogP contribution in [0.15, 0.2) is 53.5 Å². The molecule has 32 heavy (non-hydrogen) atoms. The van der Waals surface area contributed by atoms with Crippen LogP contribution < -0.4 is 21.3 Å².